The van der Waals surface area contributed by atoms with Gasteiger partial charge in [0.1, 0.15) is 5.82 Å². The van der Waals surface area contributed by atoms with Gasteiger partial charge in [0, 0.05) is 26.8 Å². The molecule has 2 rings (SSSR count). The van der Waals surface area contributed by atoms with Gasteiger partial charge in [-0.05, 0) is 31.8 Å². The summed E-state index contributed by atoms with van der Waals surface area (Å²) < 4.78 is 2.11. The molecule has 1 aliphatic rings. The van der Waals surface area contributed by atoms with Crippen LogP contribution in [0.3, 0.4) is 0 Å². The zero-order valence-electron chi connectivity index (χ0n) is 13.6. The Labute approximate surface area is 131 Å². The minimum atomic E-state index is -0.255. The lowest BCUT2D eigenvalue weighted by Crippen LogP contribution is -2.38. The van der Waals surface area contributed by atoms with E-state index in [2.05, 4.69) is 16.1 Å². The number of carbonyl (C=O) groups excluding carboxylic acids is 2. The van der Waals surface area contributed by atoms with E-state index < -0.39 is 0 Å². The second-order valence-corrected chi connectivity index (χ2v) is 5.84. The fourth-order valence-electron chi connectivity index (χ4n) is 2.74. The zero-order chi connectivity index (χ0) is 16.3. The molecule has 0 atom stereocenters. The third-order valence-electron chi connectivity index (χ3n) is 4.19. The van der Waals surface area contributed by atoms with E-state index in [1.807, 2.05) is 7.05 Å². The van der Waals surface area contributed by atoms with Crippen LogP contribution >= 0.6 is 0 Å². The van der Waals surface area contributed by atoms with Crippen LogP contribution in [-0.4, -0.2) is 51.8 Å². The summed E-state index contributed by atoms with van der Waals surface area (Å²) in [6.07, 6.45) is 5.69. The fourth-order valence-corrected chi connectivity index (χ4v) is 2.74. The Balaban J connectivity index is 2.01. The molecule has 0 N–H and O–H groups in total. The molecule has 1 aromatic heterocycles. The number of aromatic nitrogens is 2. The quantitative estimate of drug-likeness (QED) is 0.760. The molecule has 1 aliphatic carbocycles. The standard InChI is InChI=1S/C16H24N4O2/c1-5-15(21)19(3)11-16(22)18(2)10-14-17-12-8-6-7-9-13(12)20(14)4/h5H,1,6-11H2,2-4H3. The topological polar surface area (TPSA) is 58.4 Å². The third-order valence-corrected chi connectivity index (χ3v) is 4.19. The Morgan fingerprint density at radius 2 is 1.95 bits per heavy atom. The lowest BCUT2D eigenvalue weighted by Gasteiger charge is -2.21. The van der Waals surface area contributed by atoms with Crippen LogP contribution in [0, 0.1) is 0 Å². The second kappa shape index (κ2) is 6.77. The molecule has 0 unspecified atom stereocenters. The summed E-state index contributed by atoms with van der Waals surface area (Å²) in [7, 11) is 5.34. The van der Waals surface area contributed by atoms with Crippen LogP contribution in [0.15, 0.2) is 12.7 Å². The van der Waals surface area contributed by atoms with Crippen molar-refractivity contribution in [3.05, 3.63) is 29.9 Å². The van der Waals surface area contributed by atoms with Crippen molar-refractivity contribution in [2.24, 2.45) is 7.05 Å². The highest BCUT2D eigenvalue weighted by Crippen LogP contribution is 2.21. The normalized spacial score (nSPS) is 13.4. The highest BCUT2D eigenvalue weighted by Gasteiger charge is 2.20. The molecule has 0 aromatic carbocycles. The molecule has 120 valence electrons. The van der Waals surface area contributed by atoms with Crippen LogP contribution in [-0.2, 0) is 36.0 Å². The number of imidazole rings is 1. The van der Waals surface area contributed by atoms with Crippen LogP contribution in [0.2, 0.25) is 0 Å². The van der Waals surface area contributed by atoms with E-state index in [1.54, 1.807) is 19.0 Å². The molecule has 0 bridgehead atoms. The highest BCUT2D eigenvalue weighted by molar-refractivity contribution is 5.90. The number of rotatable bonds is 5. The molecule has 6 nitrogen and oxygen atoms in total. The summed E-state index contributed by atoms with van der Waals surface area (Å²) >= 11 is 0. The van der Waals surface area contributed by atoms with Crippen molar-refractivity contribution in [1.82, 2.24) is 19.4 Å². The fraction of sp³-hybridized carbons (Fsp3) is 0.562. The van der Waals surface area contributed by atoms with Crippen LogP contribution in [0.1, 0.15) is 30.1 Å². The van der Waals surface area contributed by atoms with Crippen molar-refractivity contribution in [3.63, 3.8) is 0 Å². The first-order valence-electron chi connectivity index (χ1n) is 7.59. The van der Waals surface area contributed by atoms with E-state index in [0.717, 1.165) is 18.7 Å². The molecule has 0 radical (unpaired) electrons. The SMILES string of the molecule is C=CC(=O)N(C)CC(=O)N(C)Cc1nc2c(n1C)CCCC2. The number of hydrogen-bond donors (Lipinski definition) is 0. The summed E-state index contributed by atoms with van der Waals surface area (Å²) in [5, 5.41) is 0. The maximum Gasteiger partial charge on any atom is 0.246 e. The first-order chi connectivity index (χ1) is 10.4. The number of amides is 2. The number of fused-ring (bicyclic) bond motifs is 1. The maximum absolute atomic E-state index is 12.2. The molecular formula is C16H24N4O2. The summed E-state index contributed by atoms with van der Waals surface area (Å²) in [4.78, 5) is 31.3. The van der Waals surface area contributed by atoms with Crippen molar-refractivity contribution in [1.29, 1.82) is 0 Å². The first-order valence-corrected chi connectivity index (χ1v) is 7.59. The molecule has 0 saturated heterocycles. The Bertz CT molecular complexity index is 591. The molecule has 22 heavy (non-hydrogen) atoms. The average Bonchev–Trinajstić information content (AvgIpc) is 2.83. The van der Waals surface area contributed by atoms with Gasteiger partial charge < -0.3 is 14.4 Å². The zero-order valence-corrected chi connectivity index (χ0v) is 13.6. The molecule has 0 saturated carbocycles. The summed E-state index contributed by atoms with van der Waals surface area (Å²) in [5.41, 5.74) is 2.46. The van der Waals surface area contributed by atoms with Crippen LogP contribution in [0.5, 0.6) is 0 Å². The van der Waals surface area contributed by atoms with E-state index in [0.29, 0.717) is 6.54 Å². The Kier molecular flexibility index (Phi) is 5.00. The number of hydrogen-bond acceptors (Lipinski definition) is 3. The monoisotopic (exact) mass is 304 g/mol. The highest BCUT2D eigenvalue weighted by atomic mass is 16.2. The third kappa shape index (κ3) is 3.37. The number of likely N-dealkylation sites (N-methyl/N-ethyl adjacent to an activating group) is 2. The van der Waals surface area contributed by atoms with Crippen LogP contribution in [0.4, 0.5) is 0 Å². The van der Waals surface area contributed by atoms with Gasteiger partial charge in [-0.1, -0.05) is 6.58 Å². The van der Waals surface area contributed by atoms with Crippen LogP contribution < -0.4 is 0 Å². The summed E-state index contributed by atoms with van der Waals surface area (Å²) in [6, 6.07) is 0. The second-order valence-electron chi connectivity index (χ2n) is 5.84. The molecule has 0 aliphatic heterocycles. The molecule has 2 amide bonds. The van der Waals surface area contributed by atoms with Crippen molar-refractivity contribution in [2.75, 3.05) is 20.6 Å². The van der Waals surface area contributed by atoms with Crippen LogP contribution in [0.25, 0.3) is 0 Å². The van der Waals surface area contributed by atoms with Gasteiger partial charge in [-0.2, -0.15) is 0 Å². The largest absolute Gasteiger partial charge is 0.337 e. The van der Waals surface area contributed by atoms with Gasteiger partial charge in [0.15, 0.2) is 0 Å². The first kappa shape index (κ1) is 16.3. The molecule has 0 spiro atoms. The molecule has 0 fully saturated rings. The van der Waals surface area contributed by atoms with Crippen molar-refractivity contribution in [3.8, 4) is 0 Å². The Morgan fingerprint density at radius 3 is 2.59 bits per heavy atom. The predicted molar refractivity (Wildman–Crippen MR) is 84.2 cm³/mol. The van der Waals surface area contributed by atoms with Crippen molar-refractivity contribution >= 4 is 11.8 Å². The van der Waals surface area contributed by atoms with E-state index >= 15 is 0 Å². The van der Waals surface area contributed by atoms with Gasteiger partial charge in [0.2, 0.25) is 11.8 Å². The minimum Gasteiger partial charge on any atom is -0.337 e. The maximum atomic E-state index is 12.2. The lowest BCUT2D eigenvalue weighted by molar-refractivity contribution is -0.136. The van der Waals surface area contributed by atoms with Gasteiger partial charge in [-0.3, -0.25) is 9.59 Å². The van der Waals surface area contributed by atoms with E-state index in [-0.39, 0.29) is 18.4 Å². The van der Waals surface area contributed by atoms with Gasteiger partial charge in [0.05, 0.1) is 18.8 Å². The smallest absolute Gasteiger partial charge is 0.246 e. The van der Waals surface area contributed by atoms with E-state index in [9.17, 15) is 9.59 Å². The van der Waals surface area contributed by atoms with Gasteiger partial charge in [-0.25, -0.2) is 4.98 Å². The average molecular weight is 304 g/mol. The van der Waals surface area contributed by atoms with Gasteiger partial charge in [-0.15, -0.1) is 0 Å². The molecule has 6 heteroatoms. The van der Waals surface area contributed by atoms with Crippen molar-refractivity contribution in [2.45, 2.75) is 32.2 Å². The van der Waals surface area contributed by atoms with Gasteiger partial charge in [0.25, 0.3) is 0 Å². The minimum absolute atomic E-state index is 0.0471. The number of aryl methyl sites for hydroxylation is 1. The van der Waals surface area contributed by atoms with Crippen molar-refractivity contribution < 1.29 is 9.59 Å². The van der Waals surface area contributed by atoms with E-state index in [4.69, 9.17) is 0 Å². The Morgan fingerprint density at radius 1 is 1.27 bits per heavy atom. The molecule has 1 aromatic rings. The molecule has 1 heterocycles. The Hall–Kier alpha value is -2.11. The summed E-state index contributed by atoms with van der Waals surface area (Å²) in [6.45, 7) is 3.92. The number of nitrogens with zero attached hydrogens (tertiary/aromatic N) is 4. The summed E-state index contributed by atoms with van der Waals surface area (Å²) in [5.74, 6) is 0.535. The van der Waals surface area contributed by atoms with E-state index in [1.165, 1.54) is 35.2 Å². The lowest BCUT2D eigenvalue weighted by atomic mass is 10.0. The number of carbonyl (C=O) groups is 2. The van der Waals surface area contributed by atoms with Gasteiger partial charge >= 0.3 is 0 Å². The predicted octanol–water partition coefficient (Wildman–Crippen LogP) is 0.902. The molecular weight excluding hydrogens is 280 g/mol.